The van der Waals surface area contributed by atoms with Gasteiger partial charge in [-0.25, -0.2) is 4.79 Å². The lowest BCUT2D eigenvalue weighted by Gasteiger charge is -2.09. The molecular formula is C12H17BrClNO2. The summed E-state index contributed by atoms with van der Waals surface area (Å²) < 4.78 is 5.12. The molecule has 1 aromatic carbocycles. The van der Waals surface area contributed by atoms with Gasteiger partial charge >= 0.3 is 5.97 Å². The molecule has 0 N–H and O–H groups in total. The number of hydrogen-bond acceptors (Lipinski definition) is 3. The number of halogens is 2. The summed E-state index contributed by atoms with van der Waals surface area (Å²) in [5.41, 5.74) is 1.74. The quantitative estimate of drug-likeness (QED) is 0.617. The van der Waals surface area contributed by atoms with Crippen molar-refractivity contribution >= 4 is 34.3 Å². The van der Waals surface area contributed by atoms with Crippen molar-refractivity contribution in [2.24, 2.45) is 0 Å². The Morgan fingerprint density at radius 3 is 2.35 bits per heavy atom. The van der Waals surface area contributed by atoms with E-state index >= 15 is 0 Å². The largest absolute Gasteiger partial charge is 0.461 e. The van der Waals surface area contributed by atoms with E-state index in [-0.39, 0.29) is 18.4 Å². The Bertz CT molecular complexity index is 341. The van der Waals surface area contributed by atoms with Gasteiger partial charge in [-0.2, -0.15) is 0 Å². The van der Waals surface area contributed by atoms with Crippen LogP contribution in [0.1, 0.15) is 15.9 Å². The molecule has 0 aromatic heterocycles. The molecule has 0 atom stereocenters. The van der Waals surface area contributed by atoms with Gasteiger partial charge in [0.05, 0.1) is 5.56 Å². The highest BCUT2D eigenvalue weighted by molar-refractivity contribution is 9.08. The number of rotatable bonds is 5. The van der Waals surface area contributed by atoms with Crippen LogP contribution in [0, 0.1) is 0 Å². The lowest BCUT2D eigenvalue weighted by Crippen LogP contribution is -2.20. The molecule has 0 fully saturated rings. The number of likely N-dealkylation sites (N-methyl/N-ethyl adjacent to an activating group) is 1. The van der Waals surface area contributed by atoms with Gasteiger partial charge in [-0.15, -0.1) is 12.4 Å². The summed E-state index contributed by atoms with van der Waals surface area (Å²) in [6.07, 6.45) is 0. The third-order valence-electron chi connectivity index (χ3n) is 2.12. The molecule has 1 aromatic rings. The third kappa shape index (κ3) is 6.05. The zero-order valence-electron chi connectivity index (χ0n) is 9.98. The second-order valence-electron chi connectivity index (χ2n) is 3.77. The van der Waals surface area contributed by atoms with E-state index in [0.717, 1.165) is 17.4 Å². The van der Waals surface area contributed by atoms with Crippen LogP contribution in [-0.2, 0) is 10.1 Å². The summed E-state index contributed by atoms with van der Waals surface area (Å²) in [5, 5.41) is 0.795. The summed E-state index contributed by atoms with van der Waals surface area (Å²) in [6.45, 7) is 1.16. The van der Waals surface area contributed by atoms with Crippen LogP contribution in [0.5, 0.6) is 0 Å². The molecule has 96 valence electrons. The summed E-state index contributed by atoms with van der Waals surface area (Å²) in [5.74, 6) is -0.261. The Morgan fingerprint density at radius 1 is 1.29 bits per heavy atom. The Balaban J connectivity index is 0.00000256. The Labute approximate surface area is 117 Å². The fourth-order valence-corrected chi connectivity index (χ4v) is 1.51. The molecular weight excluding hydrogens is 305 g/mol. The number of hydrogen-bond donors (Lipinski definition) is 0. The van der Waals surface area contributed by atoms with Crippen molar-refractivity contribution < 1.29 is 9.53 Å². The molecule has 0 heterocycles. The highest BCUT2D eigenvalue weighted by Crippen LogP contribution is 2.08. The molecule has 0 saturated carbocycles. The van der Waals surface area contributed by atoms with E-state index in [9.17, 15) is 4.79 Å². The first-order valence-corrected chi connectivity index (χ1v) is 6.22. The number of ether oxygens (including phenoxy) is 1. The van der Waals surface area contributed by atoms with Gasteiger partial charge in [0.25, 0.3) is 0 Å². The van der Waals surface area contributed by atoms with E-state index < -0.39 is 0 Å². The lowest BCUT2D eigenvalue weighted by molar-refractivity contribution is 0.0482. The molecule has 17 heavy (non-hydrogen) atoms. The molecule has 0 aliphatic rings. The normalized spacial score (nSPS) is 9.88. The van der Waals surface area contributed by atoms with Gasteiger partial charge in [0, 0.05) is 11.9 Å². The molecule has 0 saturated heterocycles. The summed E-state index contributed by atoms with van der Waals surface area (Å²) in [4.78, 5) is 13.5. The Morgan fingerprint density at radius 2 is 1.88 bits per heavy atom. The van der Waals surface area contributed by atoms with Gasteiger partial charge in [-0.3, -0.25) is 0 Å². The van der Waals surface area contributed by atoms with Gasteiger partial charge in [-0.05, 0) is 31.8 Å². The van der Waals surface area contributed by atoms with E-state index in [0.29, 0.717) is 12.2 Å². The molecule has 0 unspecified atom stereocenters. The average Bonchev–Trinajstić information content (AvgIpc) is 2.28. The van der Waals surface area contributed by atoms with Crippen LogP contribution in [0.25, 0.3) is 0 Å². The zero-order chi connectivity index (χ0) is 12.0. The van der Waals surface area contributed by atoms with Gasteiger partial charge in [0.15, 0.2) is 0 Å². The topological polar surface area (TPSA) is 29.5 Å². The van der Waals surface area contributed by atoms with Crippen LogP contribution < -0.4 is 0 Å². The predicted molar refractivity (Wildman–Crippen MR) is 75.2 cm³/mol. The minimum Gasteiger partial charge on any atom is -0.461 e. The molecule has 3 nitrogen and oxygen atoms in total. The fraction of sp³-hybridized carbons (Fsp3) is 0.417. The maximum atomic E-state index is 11.6. The van der Waals surface area contributed by atoms with E-state index in [1.54, 1.807) is 12.1 Å². The van der Waals surface area contributed by atoms with Crippen molar-refractivity contribution in [3.05, 3.63) is 35.4 Å². The Hall–Kier alpha value is -0.580. The predicted octanol–water partition coefficient (Wildman–Crippen LogP) is 2.72. The first-order chi connectivity index (χ1) is 7.63. The van der Waals surface area contributed by atoms with Crippen molar-refractivity contribution in [3.8, 4) is 0 Å². The number of carbonyl (C=O) groups excluding carboxylic acids is 1. The van der Waals surface area contributed by atoms with Crippen molar-refractivity contribution in [1.82, 2.24) is 4.90 Å². The van der Waals surface area contributed by atoms with Crippen LogP contribution in [0.2, 0.25) is 0 Å². The van der Waals surface area contributed by atoms with Crippen LogP contribution in [0.15, 0.2) is 24.3 Å². The van der Waals surface area contributed by atoms with Crippen LogP contribution in [0.3, 0.4) is 0 Å². The van der Waals surface area contributed by atoms with Gasteiger partial charge in [0.2, 0.25) is 0 Å². The van der Waals surface area contributed by atoms with E-state index in [2.05, 4.69) is 15.9 Å². The molecule has 0 radical (unpaired) electrons. The van der Waals surface area contributed by atoms with Crippen LogP contribution >= 0.6 is 28.3 Å². The number of esters is 1. The number of carbonyl (C=O) groups is 1. The molecule has 0 spiro atoms. The lowest BCUT2D eigenvalue weighted by atomic mass is 10.1. The molecule has 0 amide bonds. The first-order valence-electron chi connectivity index (χ1n) is 5.10. The van der Waals surface area contributed by atoms with E-state index in [4.69, 9.17) is 4.74 Å². The van der Waals surface area contributed by atoms with Gasteiger partial charge in [-0.1, -0.05) is 28.1 Å². The monoisotopic (exact) mass is 321 g/mol. The number of benzene rings is 1. The van der Waals surface area contributed by atoms with Crippen molar-refractivity contribution in [2.45, 2.75) is 5.33 Å². The summed E-state index contributed by atoms with van der Waals surface area (Å²) in [6, 6.07) is 7.40. The van der Waals surface area contributed by atoms with Gasteiger partial charge in [0.1, 0.15) is 6.61 Å². The summed E-state index contributed by atoms with van der Waals surface area (Å²) >= 11 is 3.36. The fourth-order valence-electron chi connectivity index (χ4n) is 1.13. The second kappa shape index (κ2) is 8.50. The van der Waals surface area contributed by atoms with Crippen molar-refractivity contribution in [3.63, 3.8) is 0 Å². The van der Waals surface area contributed by atoms with E-state index in [1.165, 1.54) is 0 Å². The maximum Gasteiger partial charge on any atom is 0.338 e. The van der Waals surface area contributed by atoms with E-state index in [1.807, 2.05) is 31.1 Å². The molecule has 0 aliphatic carbocycles. The minimum atomic E-state index is -0.261. The SMILES string of the molecule is CN(C)CCOC(=O)c1ccc(CBr)cc1.Cl. The molecule has 0 bridgehead atoms. The molecule has 0 aliphatic heterocycles. The average molecular weight is 323 g/mol. The zero-order valence-corrected chi connectivity index (χ0v) is 12.4. The van der Waals surface area contributed by atoms with Crippen molar-refractivity contribution in [2.75, 3.05) is 27.2 Å². The van der Waals surface area contributed by atoms with Crippen LogP contribution in [0.4, 0.5) is 0 Å². The van der Waals surface area contributed by atoms with Gasteiger partial charge < -0.3 is 9.64 Å². The second-order valence-corrected chi connectivity index (χ2v) is 4.33. The maximum absolute atomic E-state index is 11.6. The smallest absolute Gasteiger partial charge is 0.338 e. The summed E-state index contributed by atoms with van der Waals surface area (Å²) in [7, 11) is 3.89. The van der Waals surface area contributed by atoms with Crippen LogP contribution in [-0.4, -0.2) is 38.1 Å². The third-order valence-corrected chi connectivity index (χ3v) is 2.76. The standard InChI is InChI=1S/C12H16BrNO2.ClH/c1-14(2)7-8-16-12(15)11-5-3-10(9-13)4-6-11;/h3-6H,7-9H2,1-2H3;1H. The number of alkyl halides is 1. The molecule has 1 rings (SSSR count). The first kappa shape index (κ1) is 16.4. The highest BCUT2D eigenvalue weighted by atomic mass is 79.9. The molecule has 5 heteroatoms. The minimum absolute atomic E-state index is 0. The highest BCUT2D eigenvalue weighted by Gasteiger charge is 2.06. The number of nitrogens with zero attached hydrogens (tertiary/aromatic N) is 1. The van der Waals surface area contributed by atoms with Crippen molar-refractivity contribution in [1.29, 1.82) is 0 Å². The Kier molecular flexibility index (Phi) is 8.21.